The summed E-state index contributed by atoms with van der Waals surface area (Å²) in [6, 6.07) is 7.70. The number of benzene rings is 1. The lowest BCUT2D eigenvalue weighted by molar-refractivity contribution is -0.131. The summed E-state index contributed by atoms with van der Waals surface area (Å²) in [5, 5.41) is 10.8. The molecule has 3 aromatic rings. The number of nitrogens with one attached hydrogen (secondary N) is 1. The van der Waals surface area contributed by atoms with Gasteiger partial charge in [-0.25, -0.2) is 4.79 Å². The molecule has 18 heavy (non-hydrogen) atoms. The molecule has 0 bridgehead atoms. The largest absolute Gasteiger partial charge is 0.478 e. The van der Waals surface area contributed by atoms with Crippen LogP contribution in [0.4, 0.5) is 0 Å². The smallest absolute Gasteiger partial charge is 0.328 e. The lowest BCUT2D eigenvalue weighted by Crippen LogP contribution is -1.85. The minimum absolute atomic E-state index is 0.851. The van der Waals surface area contributed by atoms with Crippen LogP contribution in [0.5, 0.6) is 0 Å². The Bertz CT molecular complexity index is 772. The Morgan fingerprint density at radius 1 is 1.22 bits per heavy atom. The molecule has 4 heteroatoms. The predicted molar refractivity (Wildman–Crippen MR) is 70.3 cm³/mol. The van der Waals surface area contributed by atoms with E-state index in [1.54, 1.807) is 12.3 Å². The van der Waals surface area contributed by atoms with Gasteiger partial charge in [-0.3, -0.25) is 4.98 Å². The molecule has 2 N–H and O–H groups in total. The fourth-order valence-electron chi connectivity index (χ4n) is 2.03. The number of aliphatic carboxylic acids is 1. The fourth-order valence-corrected chi connectivity index (χ4v) is 2.03. The summed E-state index contributed by atoms with van der Waals surface area (Å²) in [7, 11) is 0. The fraction of sp³-hybridized carbons (Fsp3) is 0. The molecule has 0 fully saturated rings. The molecule has 0 saturated carbocycles. The first-order chi connectivity index (χ1) is 8.74. The van der Waals surface area contributed by atoms with Gasteiger partial charge in [0, 0.05) is 40.3 Å². The van der Waals surface area contributed by atoms with Crippen LogP contribution in [0.2, 0.25) is 0 Å². The SMILES string of the molecule is O=C(O)/C=C/c1ccc2c(c1)[nH]c1ccncc12. The number of hydrogen-bond donors (Lipinski definition) is 2. The summed E-state index contributed by atoms with van der Waals surface area (Å²) in [6.45, 7) is 0. The highest BCUT2D eigenvalue weighted by Gasteiger charge is 2.03. The topological polar surface area (TPSA) is 66.0 Å². The van der Waals surface area contributed by atoms with E-state index in [-0.39, 0.29) is 0 Å². The van der Waals surface area contributed by atoms with E-state index in [9.17, 15) is 4.79 Å². The van der Waals surface area contributed by atoms with Gasteiger partial charge < -0.3 is 10.1 Å². The zero-order chi connectivity index (χ0) is 12.5. The first-order valence-electron chi connectivity index (χ1n) is 5.50. The molecule has 0 amide bonds. The molecule has 88 valence electrons. The standard InChI is InChI=1S/C14H10N2O2/c17-14(18)4-2-9-1-3-10-11-8-15-6-5-12(11)16-13(10)7-9/h1-8,16H,(H,17,18)/b4-2+. The van der Waals surface area contributed by atoms with E-state index in [1.807, 2.05) is 30.5 Å². The number of aromatic nitrogens is 2. The molecular weight excluding hydrogens is 228 g/mol. The van der Waals surface area contributed by atoms with Gasteiger partial charge >= 0.3 is 5.97 Å². The van der Waals surface area contributed by atoms with Gasteiger partial charge in [0.1, 0.15) is 0 Å². The average molecular weight is 238 g/mol. The van der Waals surface area contributed by atoms with Crippen molar-refractivity contribution in [3.63, 3.8) is 0 Å². The molecule has 0 atom stereocenters. The van der Waals surface area contributed by atoms with Crippen molar-refractivity contribution < 1.29 is 9.90 Å². The number of pyridine rings is 1. The summed E-state index contributed by atoms with van der Waals surface area (Å²) in [5.74, 6) is -0.948. The summed E-state index contributed by atoms with van der Waals surface area (Å²) >= 11 is 0. The van der Waals surface area contributed by atoms with E-state index in [0.717, 1.165) is 33.4 Å². The Morgan fingerprint density at radius 2 is 2.11 bits per heavy atom. The number of nitrogens with zero attached hydrogens (tertiary/aromatic N) is 1. The Labute approximate surface area is 103 Å². The van der Waals surface area contributed by atoms with Crippen LogP contribution in [0.25, 0.3) is 27.9 Å². The van der Waals surface area contributed by atoms with Gasteiger partial charge in [0.2, 0.25) is 0 Å². The van der Waals surface area contributed by atoms with Crippen molar-refractivity contribution >= 4 is 33.9 Å². The van der Waals surface area contributed by atoms with Crippen LogP contribution in [-0.2, 0) is 4.79 Å². The lowest BCUT2D eigenvalue weighted by Gasteiger charge is -1.94. The van der Waals surface area contributed by atoms with Gasteiger partial charge in [-0.2, -0.15) is 0 Å². The van der Waals surface area contributed by atoms with Gasteiger partial charge in [0.15, 0.2) is 0 Å². The second-order valence-corrected chi connectivity index (χ2v) is 4.02. The lowest BCUT2D eigenvalue weighted by atomic mass is 10.1. The number of fused-ring (bicyclic) bond motifs is 3. The normalized spacial score (nSPS) is 11.6. The van der Waals surface area contributed by atoms with Crippen LogP contribution < -0.4 is 0 Å². The molecule has 2 aromatic heterocycles. The van der Waals surface area contributed by atoms with Gasteiger partial charge in [0.25, 0.3) is 0 Å². The van der Waals surface area contributed by atoms with Crippen LogP contribution in [0.1, 0.15) is 5.56 Å². The number of H-pyrrole nitrogens is 1. The molecule has 4 nitrogen and oxygen atoms in total. The first kappa shape index (κ1) is 10.5. The van der Waals surface area contributed by atoms with Crippen LogP contribution in [0.15, 0.2) is 42.7 Å². The van der Waals surface area contributed by atoms with Gasteiger partial charge in [0.05, 0.1) is 0 Å². The van der Waals surface area contributed by atoms with Crippen molar-refractivity contribution in [2.75, 3.05) is 0 Å². The Morgan fingerprint density at radius 3 is 2.94 bits per heavy atom. The second-order valence-electron chi connectivity index (χ2n) is 4.02. The highest BCUT2D eigenvalue weighted by atomic mass is 16.4. The number of rotatable bonds is 2. The van der Waals surface area contributed by atoms with Crippen molar-refractivity contribution in [3.05, 3.63) is 48.3 Å². The molecule has 3 rings (SSSR count). The Balaban J connectivity index is 2.18. The molecule has 0 aliphatic rings. The van der Waals surface area contributed by atoms with E-state index in [0.29, 0.717) is 0 Å². The number of carboxylic acids is 1. The minimum Gasteiger partial charge on any atom is -0.478 e. The van der Waals surface area contributed by atoms with Crippen molar-refractivity contribution in [2.45, 2.75) is 0 Å². The minimum atomic E-state index is -0.948. The van der Waals surface area contributed by atoms with Crippen molar-refractivity contribution in [2.24, 2.45) is 0 Å². The molecule has 0 aliphatic heterocycles. The maximum absolute atomic E-state index is 10.5. The Kier molecular flexibility index (Phi) is 2.34. The van der Waals surface area contributed by atoms with Crippen LogP contribution in [-0.4, -0.2) is 21.0 Å². The third-order valence-corrected chi connectivity index (χ3v) is 2.84. The monoisotopic (exact) mass is 238 g/mol. The molecule has 0 radical (unpaired) electrons. The summed E-state index contributed by atoms with van der Waals surface area (Å²) in [5.41, 5.74) is 2.86. The third kappa shape index (κ3) is 1.73. The number of carboxylic acid groups (broad SMARTS) is 1. The van der Waals surface area contributed by atoms with E-state index in [1.165, 1.54) is 0 Å². The Hall–Kier alpha value is -2.62. The zero-order valence-corrected chi connectivity index (χ0v) is 9.42. The maximum atomic E-state index is 10.5. The maximum Gasteiger partial charge on any atom is 0.328 e. The number of carbonyl (C=O) groups is 1. The highest BCUT2D eigenvalue weighted by molar-refractivity contribution is 6.07. The van der Waals surface area contributed by atoms with E-state index in [2.05, 4.69) is 9.97 Å². The van der Waals surface area contributed by atoms with E-state index in [4.69, 9.17) is 5.11 Å². The number of aromatic amines is 1. The van der Waals surface area contributed by atoms with Crippen molar-refractivity contribution in [3.8, 4) is 0 Å². The summed E-state index contributed by atoms with van der Waals surface area (Å²) < 4.78 is 0. The predicted octanol–water partition coefficient (Wildman–Crippen LogP) is 2.81. The first-order valence-corrected chi connectivity index (χ1v) is 5.50. The summed E-state index contributed by atoms with van der Waals surface area (Å²) in [6.07, 6.45) is 6.26. The molecule has 1 aromatic carbocycles. The van der Waals surface area contributed by atoms with Crippen LogP contribution >= 0.6 is 0 Å². The molecule has 0 spiro atoms. The van der Waals surface area contributed by atoms with Crippen molar-refractivity contribution in [1.82, 2.24) is 9.97 Å². The van der Waals surface area contributed by atoms with Crippen LogP contribution in [0.3, 0.4) is 0 Å². The van der Waals surface area contributed by atoms with Gasteiger partial charge in [-0.1, -0.05) is 12.1 Å². The molecule has 0 unspecified atom stereocenters. The summed E-state index contributed by atoms with van der Waals surface area (Å²) in [4.78, 5) is 17.9. The quantitative estimate of drug-likeness (QED) is 0.674. The number of hydrogen-bond acceptors (Lipinski definition) is 2. The van der Waals surface area contributed by atoms with E-state index >= 15 is 0 Å². The van der Waals surface area contributed by atoms with E-state index < -0.39 is 5.97 Å². The molecule has 0 saturated heterocycles. The molecule has 2 heterocycles. The third-order valence-electron chi connectivity index (χ3n) is 2.84. The molecule has 0 aliphatic carbocycles. The van der Waals surface area contributed by atoms with Gasteiger partial charge in [-0.05, 0) is 23.8 Å². The second kappa shape index (κ2) is 4.00. The highest BCUT2D eigenvalue weighted by Crippen LogP contribution is 2.25. The van der Waals surface area contributed by atoms with Gasteiger partial charge in [-0.15, -0.1) is 0 Å². The van der Waals surface area contributed by atoms with Crippen molar-refractivity contribution in [1.29, 1.82) is 0 Å². The zero-order valence-electron chi connectivity index (χ0n) is 9.42. The molecular formula is C14H10N2O2. The average Bonchev–Trinajstić information content (AvgIpc) is 2.73. The van der Waals surface area contributed by atoms with Crippen LogP contribution in [0, 0.1) is 0 Å².